The zero-order valence-electron chi connectivity index (χ0n) is 16.7. The largest absolute Gasteiger partial charge is 0.497 e. The molecule has 1 atom stereocenters. The number of halogens is 1. The Balaban J connectivity index is 1.75. The summed E-state index contributed by atoms with van der Waals surface area (Å²) in [5, 5.41) is 4.87. The van der Waals surface area contributed by atoms with Gasteiger partial charge < -0.3 is 14.2 Å². The van der Waals surface area contributed by atoms with Crippen LogP contribution in [0.25, 0.3) is 5.65 Å². The molecule has 9 heteroatoms. The summed E-state index contributed by atoms with van der Waals surface area (Å²) >= 11 is 6.12. The van der Waals surface area contributed by atoms with Gasteiger partial charge in [-0.3, -0.25) is 0 Å². The maximum absolute atomic E-state index is 12.2. The number of methoxy groups -OCH3 is 1. The molecule has 1 aliphatic heterocycles. The summed E-state index contributed by atoms with van der Waals surface area (Å²) in [5.74, 6) is 0.796. The number of carbonyl (C=O) groups is 1. The van der Waals surface area contributed by atoms with Gasteiger partial charge >= 0.3 is 5.97 Å². The third-order valence-corrected chi connectivity index (χ3v) is 5.33. The van der Waals surface area contributed by atoms with Crippen LogP contribution < -0.4 is 9.47 Å². The SMILES string of the molecule is CCOC(=O)c1nc2c3c(ncn2n1)Oc1cc(OC)ccc1C3c1ccc(Cl)cc1. The fraction of sp³-hybridized carbons (Fsp3) is 0.182. The van der Waals surface area contributed by atoms with Crippen molar-refractivity contribution < 1.29 is 19.0 Å². The lowest BCUT2D eigenvalue weighted by Gasteiger charge is -2.28. The van der Waals surface area contributed by atoms with Crippen LogP contribution in [0.1, 0.15) is 40.2 Å². The standard InChI is InChI=1S/C22H17ClN4O4/c1-3-30-22(28)19-25-20-18-17(12-4-6-13(23)7-5-12)15-9-8-14(29-2)10-16(15)31-21(18)24-11-27(20)26-19/h4-11,17H,3H2,1-2H3. The molecule has 0 aliphatic carbocycles. The monoisotopic (exact) mass is 436 g/mol. The molecule has 0 fully saturated rings. The zero-order chi connectivity index (χ0) is 21.5. The first-order chi connectivity index (χ1) is 15.1. The van der Waals surface area contributed by atoms with E-state index in [-0.39, 0.29) is 18.3 Å². The molecule has 156 valence electrons. The van der Waals surface area contributed by atoms with Crippen LogP contribution in [-0.2, 0) is 4.74 Å². The van der Waals surface area contributed by atoms with Crippen molar-refractivity contribution in [2.75, 3.05) is 13.7 Å². The van der Waals surface area contributed by atoms with Crippen molar-refractivity contribution in [2.24, 2.45) is 0 Å². The van der Waals surface area contributed by atoms with E-state index >= 15 is 0 Å². The molecule has 1 unspecified atom stereocenters. The fourth-order valence-corrected chi connectivity index (χ4v) is 3.83. The number of hydrogen-bond donors (Lipinski definition) is 0. The molecule has 0 bridgehead atoms. The quantitative estimate of drug-likeness (QED) is 0.389. The van der Waals surface area contributed by atoms with E-state index in [9.17, 15) is 4.79 Å². The van der Waals surface area contributed by atoms with E-state index in [1.54, 1.807) is 14.0 Å². The second-order valence-corrected chi connectivity index (χ2v) is 7.31. The van der Waals surface area contributed by atoms with Gasteiger partial charge in [-0.25, -0.2) is 19.3 Å². The summed E-state index contributed by atoms with van der Waals surface area (Å²) in [4.78, 5) is 21.1. The van der Waals surface area contributed by atoms with Crippen LogP contribution in [0.3, 0.4) is 0 Å². The van der Waals surface area contributed by atoms with E-state index in [0.717, 1.165) is 11.1 Å². The molecule has 4 aromatic rings. The van der Waals surface area contributed by atoms with Crippen molar-refractivity contribution >= 4 is 23.2 Å². The van der Waals surface area contributed by atoms with E-state index in [2.05, 4.69) is 15.1 Å². The molecule has 0 amide bonds. The Morgan fingerprint density at radius 1 is 1.23 bits per heavy atom. The number of aromatic nitrogens is 4. The van der Waals surface area contributed by atoms with Crippen LogP contribution in [0.5, 0.6) is 17.4 Å². The number of hydrogen-bond acceptors (Lipinski definition) is 7. The Bertz CT molecular complexity index is 1300. The van der Waals surface area contributed by atoms with Gasteiger partial charge in [0.2, 0.25) is 5.88 Å². The van der Waals surface area contributed by atoms with Crippen molar-refractivity contribution in [1.82, 2.24) is 19.6 Å². The van der Waals surface area contributed by atoms with Gasteiger partial charge in [-0.05, 0) is 30.7 Å². The van der Waals surface area contributed by atoms with Gasteiger partial charge in [0.15, 0.2) is 5.65 Å². The van der Waals surface area contributed by atoms with Gasteiger partial charge in [-0.15, -0.1) is 5.10 Å². The number of rotatable bonds is 4. The number of esters is 1. The fourth-order valence-electron chi connectivity index (χ4n) is 3.71. The molecule has 0 radical (unpaired) electrons. The van der Waals surface area contributed by atoms with Crippen molar-refractivity contribution in [3.05, 3.63) is 76.3 Å². The molecule has 2 aromatic heterocycles. The molecular formula is C22H17ClN4O4. The van der Waals surface area contributed by atoms with Crippen molar-refractivity contribution in [3.8, 4) is 17.4 Å². The van der Waals surface area contributed by atoms with Crippen molar-refractivity contribution in [3.63, 3.8) is 0 Å². The topological polar surface area (TPSA) is 87.8 Å². The highest BCUT2D eigenvalue weighted by Crippen LogP contribution is 2.48. The normalized spacial score (nSPS) is 14.5. The van der Waals surface area contributed by atoms with Crippen LogP contribution in [0, 0.1) is 0 Å². The molecule has 1 aliphatic rings. The van der Waals surface area contributed by atoms with Gasteiger partial charge in [0.05, 0.1) is 19.3 Å². The summed E-state index contributed by atoms with van der Waals surface area (Å²) in [6.45, 7) is 1.96. The third-order valence-electron chi connectivity index (χ3n) is 5.08. The van der Waals surface area contributed by atoms with Gasteiger partial charge in [-0.2, -0.15) is 0 Å². The molecule has 2 aromatic carbocycles. The number of benzene rings is 2. The Hall–Kier alpha value is -3.65. The number of ether oxygens (including phenoxy) is 3. The van der Waals surface area contributed by atoms with Crippen molar-refractivity contribution in [1.29, 1.82) is 0 Å². The minimum Gasteiger partial charge on any atom is -0.497 e. The van der Waals surface area contributed by atoms with Crippen molar-refractivity contribution in [2.45, 2.75) is 12.8 Å². The highest BCUT2D eigenvalue weighted by molar-refractivity contribution is 6.30. The first-order valence-corrected chi connectivity index (χ1v) is 10.0. The first kappa shape index (κ1) is 19.3. The average Bonchev–Trinajstić information content (AvgIpc) is 3.23. The summed E-state index contributed by atoms with van der Waals surface area (Å²) in [6, 6.07) is 13.2. The molecule has 31 heavy (non-hydrogen) atoms. The predicted molar refractivity (Wildman–Crippen MR) is 112 cm³/mol. The summed E-state index contributed by atoms with van der Waals surface area (Å²) in [6.07, 6.45) is 1.47. The molecule has 0 N–H and O–H groups in total. The highest BCUT2D eigenvalue weighted by Gasteiger charge is 2.34. The molecular weight excluding hydrogens is 420 g/mol. The van der Waals surface area contributed by atoms with E-state index in [4.69, 9.17) is 25.8 Å². The Labute approximate surface area is 182 Å². The van der Waals surface area contributed by atoms with E-state index < -0.39 is 5.97 Å². The van der Waals surface area contributed by atoms with Gasteiger partial charge in [0.1, 0.15) is 17.8 Å². The van der Waals surface area contributed by atoms with Crippen LogP contribution in [0.15, 0.2) is 48.8 Å². The number of carbonyl (C=O) groups excluding carboxylic acids is 1. The minimum absolute atomic E-state index is 0.0348. The second-order valence-electron chi connectivity index (χ2n) is 6.88. The molecule has 0 saturated heterocycles. The van der Waals surface area contributed by atoms with E-state index in [1.807, 2.05) is 42.5 Å². The van der Waals surface area contributed by atoms with E-state index in [0.29, 0.717) is 33.6 Å². The Kier molecular flexibility index (Phi) is 4.71. The summed E-state index contributed by atoms with van der Waals surface area (Å²) in [7, 11) is 1.60. The van der Waals surface area contributed by atoms with Crippen LogP contribution in [-0.4, -0.2) is 39.3 Å². The molecule has 0 spiro atoms. The van der Waals surface area contributed by atoms with Gasteiger partial charge in [0.25, 0.3) is 5.82 Å². The van der Waals surface area contributed by atoms with Crippen LogP contribution >= 0.6 is 11.6 Å². The first-order valence-electron chi connectivity index (χ1n) is 9.62. The maximum atomic E-state index is 12.2. The molecule has 0 saturated carbocycles. The lowest BCUT2D eigenvalue weighted by atomic mass is 9.84. The Morgan fingerprint density at radius 2 is 2.03 bits per heavy atom. The zero-order valence-corrected chi connectivity index (χ0v) is 17.5. The predicted octanol–water partition coefficient (Wildman–Crippen LogP) is 4.25. The molecule has 8 nitrogen and oxygen atoms in total. The average molecular weight is 437 g/mol. The second kappa shape index (κ2) is 7.55. The smallest absolute Gasteiger partial charge is 0.378 e. The lowest BCUT2D eigenvalue weighted by Crippen LogP contribution is -2.15. The number of nitrogens with zero attached hydrogens (tertiary/aromatic N) is 4. The molecule has 5 rings (SSSR count). The van der Waals surface area contributed by atoms with Gasteiger partial charge in [-0.1, -0.05) is 29.8 Å². The molecule has 3 heterocycles. The number of fused-ring (bicyclic) bond motifs is 4. The van der Waals surface area contributed by atoms with Gasteiger partial charge in [0, 0.05) is 22.6 Å². The minimum atomic E-state index is -0.593. The summed E-state index contributed by atoms with van der Waals surface area (Å²) in [5.41, 5.74) is 3.04. The summed E-state index contributed by atoms with van der Waals surface area (Å²) < 4.78 is 18.0. The highest BCUT2D eigenvalue weighted by atomic mass is 35.5. The van der Waals surface area contributed by atoms with Crippen LogP contribution in [0.2, 0.25) is 5.02 Å². The maximum Gasteiger partial charge on any atom is 0.378 e. The van der Waals surface area contributed by atoms with Crippen LogP contribution in [0.4, 0.5) is 0 Å². The third kappa shape index (κ3) is 3.25. The lowest BCUT2D eigenvalue weighted by molar-refractivity contribution is 0.0512. The van der Waals surface area contributed by atoms with E-state index in [1.165, 1.54) is 10.8 Å². The Morgan fingerprint density at radius 3 is 2.77 bits per heavy atom.